The fourth-order valence-corrected chi connectivity index (χ4v) is 3.02. The molecule has 118 valence electrons. The van der Waals surface area contributed by atoms with E-state index in [1.807, 2.05) is 13.0 Å². The molecule has 1 aromatic heterocycles. The van der Waals surface area contributed by atoms with Crippen molar-refractivity contribution in [3.63, 3.8) is 0 Å². The van der Waals surface area contributed by atoms with Gasteiger partial charge in [0.1, 0.15) is 17.5 Å². The summed E-state index contributed by atoms with van der Waals surface area (Å²) in [5.41, 5.74) is 0. The molecule has 1 aromatic rings. The molecular formula is C17H30N4. The van der Waals surface area contributed by atoms with Crippen LogP contribution in [0.2, 0.25) is 0 Å². The first-order valence-corrected chi connectivity index (χ1v) is 8.50. The molecule has 2 rings (SSSR count). The van der Waals surface area contributed by atoms with Crippen LogP contribution in [0.3, 0.4) is 0 Å². The van der Waals surface area contributed by atoms with E-state index >= 15 is 0 Å². The number of hydrogen-bond acceptors (Lipinski definition) is 4. The molecule has 21 heavy (non-hydrogen) atoms. The molecule has 1 saturated carbocycles. The molecule has 0 radical (unpaired) electrons. The average Bonchev–Trinajstić information content (AvgIpc) is 2.47. The Morgan fingerprint density at radius 1 is 1.05 bits per heavy atom. The van der Waals surface area contributed by atoms with Gasteiger partial charge in [0.25, 0.3) is 0 Å². The molecule has 2 N–H and O–H groups in total. The SMILES string of the molecule is CCCNc1cc(NCCC2CCC(C)CC2)nc(C)n1. The average molecular weight is 290 g/mol. The zero-order valence-corrected chi connectivity index (χ0v) is 13.8. The fraction of sp³-hybridized carbons (Fsp3) is 0.765. The van der Waals surface area contributed by atoms with Gasteiger partial charge in [-0.3, -0.25) is 0 Å². The Morgan fingerprint density at radius 3 is 2.29 bits per heavy atom. The highest BCUT2D eigenvalue weighted by molar-refractivity contribution is 5.47. The minimum absolute atomic E-state index is 0.824. The summed E-state index contributed by atoms with van der Waals surface area (Å²) in [6.45, 7) is 8.46. The summed E-state index contributed by atoms with van der Waals surface area (Å²) in [5, 5.41) is 6.80. The summed E-state index contributed by atoms with van der Waals surface area (Å²) in [5.74, 6) is 4.54. The lowest BCUT2D eigenvalue weighted by atomic mass is 9.81. The molecule has 4 nitrogen and oxygen atoms in total. The number of aryl methyl sites for hydroxylation is 1. The van der Waals surface area contributed by atoms with Crippen molar-refractivity contribution >= 4 is 11.6 Å². The number of nitrogens with one attached hydrogen (secondary N) is 2. The standard InChI is InChI=1S/C17H30N4/c1-4-10-18-16-12-17(21-14(3)20-16)19-11-9-15-7-5-13(2)6-8-15/h12-13,15H,4-11H2,1-3H3,(H2,18,19,20,21). The van der Waals surface area contributed by atoms with E-state index in [0.29, 0.717) is 0 Å². The number of rotatable bonds is 7. The molecular weight excluding hydrogens is 260 g/mol. The van der Waals surface area contributed by atoms with Crippen LogP contribution in [-0.4, -0.2) is 23.1 Å². The molecule has 0 amide bonds. The van der Waals surface area contributed by atoms with Crippen molar-refractivity contribution in [2.45, 2.75) is 59.3 Å². The molecule has 0 spiro atoms. The van der Waals surface area contributed by atoms with Gasteiger partial charge in [0, 0.05) is 19.2 Å². The van der Waals surface area contributed by atoms with Crippen LogP contribution >= 0.6 is 0 Å². The molecule has 0 unspecified atom stereocenters. The number of hydrogen-bond donors (Lipinski definition) is 2. The topological polar surface area (TPSA) is 49.8 Å². The normalized spacial score (nSPS) is 22.0. The molecule has 0 bridgehead atoms. The highest BCUT2D eigenvalue weighted by Gasteiger charge is 2.17. The Balaban J connectivity index is 1.78. The fourth-order valence-electron chi connectivity index (χ4n) is 3.02. The number of anilines is 2. The van der Waals surface area contributed by atoms with Crippen LogP contribution in [0.4, 0.5) is 11.6 Å². The van der Waals surface area contributed by atoms with E-state index in [4.69, 9.17) is 0 Å². The summed E-state index contributed by atoms with van der Waals surface area (Å²) in [7, 11) is 0. The van der Waals surface area contributed by atoms with Crippen molar-refractivity contribution in [3.8, 4) is 0 Å². The van der Waals surface area contributed by atoms with Crippen molar-refractivity contribution in [3.05, 3.63) is 11.9 Å². The zero-order valence-electron chi connectivity index (χ0n) is 13.8. The number of aromatic nitrogens is 2. The van der Waals surface area contributed by atoms with Crippen molar-refractivity contribution in [2.75, 3.05) is 23.7 Å². The summed E-state index contributed by atoms with van der Waals surface area (Å²) < 4.78 is 0. The minimum Gasteiger partial charge on any atom is -0.370 e. The van der Waals surface area contributed by atoms with Crippen LogP contribution in [0, 0.1) is 18.8 Å². The monoisotopic (exact) mass is 290 g/mol. The van der Waals surface area contributed by atoms with Gasteiger partial charge in [-0.25, -0.2) is 9.97 Å². The quantitative estimate of drug-likeness (QED) is 0.789. The zero-order chi connectivity index (χ0) is 15.1. The third kappa shape index (κ3) is 5.52. The smallest absolute Gasteiger partial charge is 0.131 e. The van der Waals surface area contributed by atoms with Gasteiger partial charge in [-0.15, -0.1) is 0 Å². The van der Waals surface area contributed by atoms with Gasteiger partial charge < -0.3 is 10.6 Å². The lowest BCUT2D eigenvalue weighted by Gasteiger charge is -2.26. The summed E-state index contributed by atoms with van der Waals surface area (Å²) in [6.07, 6.45) is 7.97. The lowest BCUT2D eigenvalue weighted by Crippen LogP contribution is -2.16. The molecule has 1 heterocycles. The van der Waals surface area contributed by atoms with Crippen molar-refractivity contribution < 1.29 is 0 Å². The molecule has 1 aliphatic carbocycles. The predicted molar refractivity (Wildman–Crippen MR) is 89.8 cm³/mol. The van der Waals surface area contributed by atoms with Crippen LogP contribution < -0.4 is 10.6 Å². The molecule has 0 atom stereocenters. The van der Waals surface area contributed by atoms with Gasteiger partial charge in [-0.2, -0.15) is 0 Å². The Kier molecular flexibility index (Phi) is 6.27. The van der Waals surface area contributed by atoms with E-state index in [-0.39, 0.29) is 0 Å². The lowest BCUT2D eigenvalue weighted by molar-refractivity contribution is 0.282. The second kappa shape index (κ2) is 8.20. The van der Waals surface area contributed by atoms with Crippen LogP contribution in [0.5, 0.6) is 0 Å². The maximum absolute atomic E-state index is 4.47. The molecule has 4 heteroatoms. The first-order chi connectivity index (χ1) is 10.2. The second-order valence-electron chi connectivity index (χ2n) is 6.45. The van der Waals surface area contributed by atoms with Crippen molar-refractivity contribution in [1.82, 2.24) is 9.97 Å². The van der Waals surface area contributed by atoms with Crippen molar-refractivity contribution in [1.29, 1.82) is 0 Å². The van der Waals surface area contributed by atoms with E-state index < -0.39 is 0 Å². The van der Waals surface area contributed by atoms with Gasteiger partial charge in [-0.05, 0) is 31.6 Å². The van der Waals surface area contributed by atoms with Crippen LogP contribution in [0.25, 0.3) is 0 Å². The maximum atomic E-state index is 4.47. The van der Waals surface area contributed by atoms with E-state index in [0.717, 1.165) is 48.8 Å². The first-order valence-electron chi connectivity index (χ1n) is 8.50. The molecule has 0 aromatic carbocycles. The van der Waals surface area contributed by atoms with Crippen LogP contribution in [0.15, 0.2) is 6.07 Å². The molecule has 1 aliphatic rings. The van der Waals surface area contributed by atoms with Gasteiger partial charge in [-0.1, -0.05) is 39.5 Å². The predicted octanol–water partition coefficient (Wildman–Crippen LogP) is 4.24. The van der Waals surface area contributed by atoms with Gasteiger partial charge in [0.05, 0.1) is 0 Å². The van der Waals surface area contributed by atoms with Gasteiger partial charge in [0.2, 0.25) is 0 Å². The second-order valence-corrected chi connectivity index (χ2v) is 6.45. The Labute approximate surface area is 129 Å². The van der Waals surface area contributed by atoms with E-state index in [1.54, 1.807) is 0 Å². The Morgan fingerprint density at radius 2 is 1.67 bits per heavy atom. The Bertz CT molecular complexity index is 425. The van der Waals surface area contributed by atoms with Crippen LogP contribution in [-0.2, 0) is 0 Å². The highest BCUT2D eigenvalue weighted by atomic mass is 15.1. The van der Waals surface area contributed by atoms with Crippen LogP contribution in [0.1, 0.15) is 58.2 Å². The maximum Gasteiger partial charge on any atom is 0.131 e. The first kappa shape index (κ1) is 16.1. The number of nitrogens with zero attached hydrogens (tertiary/aromatic N) is 2. The van der Waals surface area contributed by atoms with Gasteiger partial charge >= 0.3 is 0 Å². The summed E-state index contributed by atoms with van der Waals surface area (Å²) in [6, 6.07) is 2.02. The molecule has 0 aliphatic heterocycles. The Hall–Kier alpha value is -1.32. The third-order valence-corrected chi connectivity index (χ3v) is 4.39. The third-order valence-electron chi connectivity index (χ3n) is 4.39. The highest BCUT2D eigenvalue weighted by Crippen LogP contribution is 2.30. The minimum atomic E-state index is 0.824. The molecule has 0 saturated heterocycles. The largest absolute Gasteiger partial charge is 0.370 e. The summed E-state index contributed by atoms with van der Waals surface area (Å²) in [4.78, 5) is 8.89. The van der Waals surface area contributed by atoms with E-state index in [9.17, 15) is 0 Å². The summed E-state index contributed by atoms with van der Waals surface area (Å²) >= 11 is 0. The van der Waals surface area contributed by atoms with E-state index in [1.165, 1.54) is 32.1 Å². The van der Waals surface area contributed by atoms with Gasteiger partial charge in [0.15, 0.2) is 0 Å². The van der Waals surface area contributed by atoms with Crippen molar-refractivity contribution in [2.24, 2.45) is 11.8 Å². The molecule has 1 fully saturated rings. The van der Waals surface area contributed by atoms with E-state index in [2.05, 4.69) is 34.4 Å².